The molecule has 2 aromatic carbocycles. The third kappa shape index (κ3) is 6.09. The molecule has 27 heavy (non-hydrogen) atoms. The predicted molar refractivity (Wildman–Crippen MR) is 110 cm³/mol. The number of halogens is 2. The van der Waals surface area contributed by atoms with E-state index in [9.17, 15) is 0 Å². The van der Waals surface area contributed by atoms with Crippen molar-refractivity contribution in [1.29, 1.82) is 0 Å². The molecule has 5 heteroatoms. The Kier molecular flexibility index (Phi) is 7.26. The number of hydrogen-bond donors (Lipinski definition) is 0. The molecule has 0 amide bonds. The van der Waals surface area contributed by atoms with Gasteiger partial charge in [-0.25, -0.2) is 4.57 Å². The molecule has 0 aliphatic heterocycles. The Morgan fingerprint density at radius 3 is 2.30 bits per heavy atom. The van der Waals surface area contributed by atoms with E-state index in [2.05, 4.69) is 46.4 Å². The van der Waals surface area contributed by atoms with Gasteiger partial charge < -0.3 is 4.84 Å². The van der Waals surface area contributed by atoms with E-state index in [0.29, 0.717) is 10.0 Å². The lowest BCUT2D eigenvalue weighted by atomic mass is 10.1. The van der Waals surface area contributed by atoms with Crippen molar-refractivity contribution in [3.8, 4) is 0 Å². The summed E-state index contributed by atoms with van der Waals surface area (Å²) in [4.78, 5) is 5.32. The zero-order valence-electron chi connectivity index (χ0n) is 14.9. The lowest BCUT2D eigenvalue weighted by Crippen LogP contribution is -2.32. The molecule has 0 N–H and O–H groups in total. The SMILES string of the molecule is Clc1cccc(Cl)c1CO/N=C/c1cc[n+](CCCc2ccccc2)cc1. The monoisotopic (exact) mass is 399 g/mol. The quantitative estimate of drug-likeness (QED) is 0.280. The van der Waals surface area contributed by atoms with Crippen molar-refractivity contribution in [3.63, 3.8) is 0 Å². The molecule has 0 aliphatic rings. The number of aromatic nitrogens is 1. The zero-order chi connectivity index (χ0) is 18.9. The largest absolute Gasteiger partial charge is 0.391 e. The van der Waals surface area contributed by atoms with Crippen LogP contribution in [0.5, 0.6) is 0 Å². The Morgan fingerprint density at radius 1 is 0.889 bits per heavy atom. The van der Waals surface area contributed by atoms with Crippen molar-refractivity contribution in [2.24, 2.45) is 5.16 Å². The first-order valence-electron chi connectivity index (χ1n) is 8.83. The Labute approximate surface area is 169 Å². The molecule has 0 saturated heterocycles. The molecule has 0 fully saturated rings. The zero-order valence-corrected chi connectivity index (χ0v) is 16.4. The summed E-state index contributed by atoms with van der Waals surface area (Å²) in [5, 5.41) is 5.15. The number of rotatable bonds is 8. The van der Waals surface area contributed by atoms with Gasteiger partial charge in [-0.1, -0.05) is 64.8 Å². The lowest BCUT2D eigenvalue weighted by molar-refractivity contribution is -0.697. The van der Waals surface area contributed by atoms with Crippen molar-refractivity contribution in [1.82, 2.24) is 0 Å². The van der Waals surface area contributed by atoms with E-state index in [4.69, 9.17) is 28.0 Å². The van der Waals surface area contributed by atoms with Crippen LogP contribution in [0.1, 0.15) is 23.1 Å². The predicted octanol–water partition coefficient (Wildman–Crippen LogP) is 5.46. The summed E-state index contributed by atoms with van der Waals surface area (Å²) in [5.74, 6) is 0. The first kappa shape index (κ1) is 19.4. The second-order valence-electron chi connectivity index (χ2n) is 6.17. The second kappa shape index (κ2) is 10.1. The molecular formula is C22H21Cl2N2O+. The van der Waals surface area contributed by atoms with Gasteiger partial charge in [-0.3, -0.25) is 0 Å². The van der Waals surface area contributed by atoms with Crippen molar-refractivity contribution >= 4 is 29.4 Å². The van der Waals surface area contributed by atoms with Gasteiger partial charge in [-0.15, -0.1) is 0 Å². The van der Waals surface area contributed by atoms with Crippen LogP contribution in [0, 0.1) is 0 Å². The van der Waals surface area contributed by atoms with Gasteiger partial charge in [0.05, 0.1) is 6.21 Å². The topological polar surface area (TPSA) is 25.5 Å². The number of oxime groups is 1. The molecule has 0 saturated carbocycles. The second-order valence-corrected chi connectivity index (χ2v) is 6.98. The van der Waals surface area contributed by atoms with Gasteiger partial charge in [0.1, 0.15) is 13.2 Å². The van der Waals surface area contributed by atoms with E-state index in [1.807, 2.05) is 18.2 Å². The average molecular weight is 400 g/mol. The summed E-state index contributed by atoms with van der Waals surface area (Å²) in [6.07, 6.45) is 7.97. The standard InChI is InChI=1S/C22H21Cl2N2O/c23-21-9-4-10-22(24)20(21)17-27-25-16-19-11-14-26(15-12-19)13-5-8-18-6-2-1-3-7-18/h1-4,6-7,9-12,14-16H,5,8,13,17H2/q+1/b25-16+. The molecule has 0 atom stereocenters. The molecule has 0 aliphatic carbocycles. The number of pyridine rings is 1. The Hall–Kier alpha value is -2.36. The normalized spacial score (nSPS) is 11.0. The van der Waals surface area contributed by atoms with Crippen LogP contribution in [0.2, 0.25) is 10.0 Å². The van der Waals surface area contributed by atoms with Crippen molar-refractivity contribution in [2.45, 2.75) is 26.0 Å². The molecular weight excluding hydrogens is 379 g/mol. The average Bonchev–Trinajstić information content (AvgIpc) is 2.69. The summed E-state index contributed by atoms with van der Waals surface area (Å²) in [7, 11) is 0. The van der Waals surface area contributed by atoms with E-state index in [0.717, 1.165) is 30.5 Å². The van der Waals surface area contributed by atoms with Crippen LogP contribution in [-0.4, -0.2) is 6.21 Å². The Morgan fingerprint density at radius 2 is 1.59 bits per heavy atom. The maximum Gasteiger partial charge on any atom is 0.169 e. The molecule has 3 aromatic rings. The molecule has 0 spiro atoms. The molecule has 1 heterocycles. The van der Waals surface area contributed by atoms with Crippen LogP contribution in [0.25, 0.3) is 0 Å². The van der Waals surface area contributed by atoms with E-state index in [1.54, 1.807) is 24.4 Å². The summed E-state index contributed by atoms with van der Waals surface area (Å²) < 4.78 is 2.17. The number of aryl methyl sites for hydroxylation is 2. The third-order valence-corrected chi connectivity index (χ3v) is 4.90. The van der Waals surface area contributed by atoms with Gasteiger partial charge in [0.2, 0.25) is 0 Å². The molecule has 0 radical (unpaired) electrons. The number of nitrogens with zero attached hydrogens (tertiary/aromatic N) is 2. The fraction of sp³-hybridized carbons (Fsp3) is 0.182. The summed E-state index contributed by atoms with van der Waals surface area (Å²) in [6.45, 7) is 1.22. The van der Waals surface area contributed by atoms with Crippen LogP contribution in [0.15, 0.2) is 78.2 Å². The molecule has 138 valence electrons. The van der Waals surface area contributed by atoms with Crippen LogP contribution < -0.4 is 4.57 Å². The Balaban J connectivity index is 1.45. The van der Waals surface area contributed by atoms with E-state index >= 15 is 0 Å². The minimum absolute atomic E-state index is 0.237. The van der Waals surface area contributed by atoms with E-state index in [1.165, 1.54) is 5.56 Å². The van der Waals surface area contributed by atoms with Gasteiger partial charge in [-0.2, -0.15) is 0 Å². The summed E-state index contributed by atoms with van der Waals surface area (Å²) >= 11 is 12.2. The first-order chi connectivity index (χ1) is 13.2. The van der Waals surface area contributed by atoms with Gasteiger partial charge in [0.25, 0.3) is 0 Å². The van der Waals surface area contributed by atoms with Crippen LogP contribution in [0.4, 0.5) is 0 Å². The molecule has 3 rings (SSSR count). The van der Waals surface area contributed by atoms with Crippen LogP contribution in [0.3, 0.4) is 0 Å². The van der Waals surface area contributed by atoms with Gasteiger partial charge in [0, 0.05) is 39.7 Å². The molecule has 1 aromatic heterocycles. The third-order valence-electron chi connectivity index (χ3n) is 4.19. The highest BCUT2D eigenvalue weighted by molar-refractivity contribution is 6.35. The molecule has 3 nitrogen and oxygen atoms in total. The Bertz CT molecular complexity index is 860. The summed E-state index contributed by atoms with van der Waals surface area (Å²) in [6, 6.07) is 19.9. The molecule has 0 bridgehead atoms. The molecule has 0 unspecified atom stereocenters. The minimum atomic E-state index is 0.237. The highest BCUT2D eigenvalue weighted by Crippen LogP contribution is 2.24. The van der Waals surface area contributed by atoms with Crippen molar-refractivity contribution in [3.05, 3.63) is 99.8 Å². The van der Waals surface area contributed by atoms with E-state index < -0.39 is 0 Å². The van der Waals surface area contributed by atoms with Gasteiger partial charge in [-0.05, 0) is 24.1 Å². The number of hydrogen-bond acceptors (Lipinski definition) is 2. The smallest absolute Gasteiger partial charge is 0.169 e. The first-order valence-corrected chi connectivity index (χ1v) is 9.59. The fourth-order valence-electron chi connectivity index (χ4n) is 2.68. The van der Waals surface area contributed by atoms with Crippen molar-refractivity contribution in [2.75, 3.05) is 0 Å². The van der Waals surface area contributed by atoms with Crippen molar-refractivity contribution < 1.29 is 9.40 Å². The lowest BCUT2D eigenvalue weighted by Gasteiger charge is -2.04. The van der Waals surface area contributed by atoms with Gasteiger partial charge >= 0.3 is 0 Å². The summed E-state index contributed by atoms with van der Waals surface area (Å²) in [5.41, 5.74) is 3.08. The highest BCUT2D eigenvalue weighted by Gasteiger charge is 2.05. The fourth-order valence-corrected chi connectivity index (χ4v) is 3.19. The number of benzene rings is 2. The maximum atomic E-state index is 6.10. The minimum Gasteiger partial charge on any atom is -0.391 e. The van der Waals surface area contributed by atoms with Gasteiger partial charge in [0.15, 0.2) is 12.4 Å². The maximum absolute atomic E-state index is 6.10. The highest BCUT2D eigenvalue weighted by atomic mass is 35.5. The van der Waals surface area contributed by atoms with Crippen LogP contribution >= 0.6 is 23.2 Å². The van der Waals surface area contributed by atoms with Crippen LogP contribution in [-0.2, 0) is 24.4 Å². The van der Waals surface area contributed by atoms with E-state index in [-0.39, 0.29) is 6.61 Å².